The minimum Gasteiger partial charge on any atom is -0.175 e. The molecule has 0 aromatic rings. The molecule has 0 unspecified atom stereocenters. The quantitative estimate of drug-likeness (QED) is 0.483. The van der Waals surface area contributed by atoms with Crippen LogP contribution >= 0.6 is 12.6 Å². The zero-order valence-electron chi connectivity index (χ0n) is 7.72. The van der Waals surface area contributed by atoms with Crippen LogP contribution in [-0.4, -0.2) is 5.75 Å². The summed E-state index contributed by atoms with van der Waals surface area (Å²) >= 11 is 4.13. The van der Waals surface area contributed by atoms with Crippen LogP contribution in [0.15, 0.2) is 23.3 Å². The van der Waals surface area contributed by atoms with Gasteiger partial charge in [0, 0.05) is 5.75 Å². The molecule has 0 aromatic heterocycles. The highest BCUT2D eigenvalue weighted by Crippen LogP contribution is 2.06. The molecule has 0 heterocycles. The van der Waals surface area contributed by atoms with E-state index in [4.69, 9.17) is 0 Å². The maximum Gasteiger partial charge on any atom is 0.00850 e. The van der Waals surface area contributed by atoms with Crippen LogP contribution in [0.3, 0.4) is 0 Å². The van der Waals surface area contributed by atoms with Gasteiger partial charge in [-0.05, 0) is 33.6 Å². The van der Waals surface area contributed by atoms with E-state index in [1.807, 2.05) is 0 Å². The van der Waals surface area contributed by atoms with Gasteiger partial charge < -0.3 is 0 Å². The SMILES string of the molecule is CC(C)=CCC/C(C)=C\CS. The fourth-order valence-electron chi connectivity index (χ4n) is 0.846. The maximum atomic E-state index is 4.13. The molecule has 0 nitrogen and oxygen atoms in total. The van der Waals surface area contributed by atoms with Crippen LogP contribution in [0.25, 0.3) is 0 Å². The van der Waals surface area contributed by atoms with Gasteiger partial charge in [-0.25, -0.2) is 0 Å². The molecule has 0 aliphatic rings. The van der Waals surface area contributed by atoms with Gasteiger partial charge in [0.1, 0.15) is 0 Å². The van der Waals surface area contributed by atoms with Crippen molar-refractivity contribution in [1.82, 2.24) is 0 Å². The number of hydrogen-bond donors (Lipinski definition) is 1. The lowest BCUT2D eigenvalue weighted by molar-refractivity contribution is 0.964. The number of thiol groups is 1. The van der Waals surface area contributed by atoms with E-state index >= 15 is 0 Å². The molecule has 0 radical (unpaired) electrons. The van der Waals surface area contributed by atoms with E-state index < -0.39 is 0 Å². The van der Waals surface area contributed by atoms with E-state index in [1.54, 1.807) is 0 Å². The third-order valence-electron chi connectivity index (χ3n) is 1.53. The Morgan fingerprint density at radius 2 is 1.82 bits per heavy atom. The van der Waals surface area contributed by atoms with Crippen molar-refractivity contribution in [3.63, 3.8) is 0 Å². The Morgan fingerprint density at radius 3 is 2.27 bits per heavy atom. The summed E-state index contributed by atoms with van der Waals surface area (Å²) in [6.45, 7) is 6.43. The average molecular weight is 170 g/mol. The van der Waals surface area contributed by atoms with Crippen molar-refractivity contribution in [2.45, 2.75) is 33.6 Å². The summed E-state index contributed by atoms with van der Waals surface area (Å²) in [5.74, 6) is 0.862. The van der Waals surface area contributed by atoms with Crippen molar-refractivity contribution in [2.75, 3.05) is 5.75 Å². The van der Waals surface area contributed by atoms with E-state index in [2.05, 4.69) is 45.6 Å². The van der Waals surface area contributed by atoms with Gasteiger partial charge in [-0.1, -0.05) is 23.3 Å². The Hall–Kier alpha value is -0.170. The van der Waals surface area contributed by atoms with Gasteiger partial charge in [0.25, 0.3) is 0 Å². The standard InChI is InChI=1S/C10H18S/c1-9(2)5-4-6-10(3)7-8-11/h5,7,11H,4,6,8H2,1-3H3/b10-7-. The summed E-state index contributed by atoms with van der Waals surface area (Å²) in [5.41, 5.74) is 2.85. The lowest BCUT2D eigenvalue weighted by Gasteiger charge is -1.96. The Balaban J connectivity index is 3.54. The first-order valence-electron chi connectivity index (χ1n) is 4.06. The predicted molar refractivity (Wildman–Crippen MR) is 56.3 cm³/mol. The monoisotopic (exact) mass is 170 g/mol. The first-order valence-corrected chi connectivity index (χ1v) is 4.70. The summed E-state index contributed by atoms with van der Waals surface area (Å²) in [5, 5.41) is 0. The van der Waals surface area contributed by atoms with Crippen LogP contribution in [0, 0.1) is 0 Å². The van der Waals surface area contributed by atoms with Crippen LogP contribution in [0.4, 0.5) is 0 Å². The molecule has 11 heavy (non-hydrogen) atoms. The van der Waals surface area contributed by atoms with Gasteiger partial charge in [-0.3, -0.25) is 0 Å². The molecular formula is C10H18S. The number of hydrogen-bond acceptors (Lipinski definition) is 1. The van der Waals surface area contributed by atoms with E-state index in [-0.39, 0.29) is 0 Å². The summed E-state index contributed by atoms with van der Waals surface area (Å²) < 4.78 is 0. The van der Waals surface area contributed by atoms with Gasteiger partial charge in [-0.15, -0.1) is 0 Å². The highest BCUT2D eigenvalue weighted by Gasteiger charge is 1.86. The second kappa shape index (κ2) is 6.53. The molecule has 0 bridgehead atoms. The van der Waals surface area contributed by atoms with Gasteiger partial charge >= 0.3 is 0 Å². The molecule has 0 fully saturated rings. The molecule has 0 rings (SSSR count). The maximum absolute atomic E-state index is 4.13. The average Bonchev–Trinajstić information content (AvgIpc) is 1.87. The molecule has 0 aliphatic carbocycles. The van der Waals surface area contributed by atoms with Crippen LogP contribution in [0.2, 0.25) is 0 Å². The fourth-order valence-corrected chi connectivity index (χ4v) is 1.16. The largest absolute Gasteiger partial charge is 0.175 e. The highest BCUT2D eigenvalue weighted by atomic mass is 32.1. The molecule has 0 amide bonds. The van der Waals surface area contributed by atoms with E-state index in [1.165, 1.54) is 24.0 Å². The topological polar surface area (TPSA) is 0 Å². The van der Waals surface area contributed by atoms with Gasteiger partial charge in [0.15, 0.2) is 0 Å². The third-order valence-corrected chi connectivity index (χ3v) is 1.71. The number of allylic oxidation sites excluding steroid dienone is 3. The van der Waals surface area contributed by atoms with E-state index in [0.717, 1.165) is 5.75 Å². The zero-order chi connectivity index (χ0) is 8.69. The number of rotatable bonds is 4. The molecular weight excluding hydrogens is 152 g/mol. The summed E-state index contributed by atoms with van der Waals surface area (Å²) in [6, 6.07) is 0. The minimum absolute atomic E-state index is 0.862. The Morgan fingerprint density at radius 1 is 1.18 bits per heavy atom. The van der Waals surface area contributed by atoms with Crippen molar-refractivity contribution in [3.05, 3.63) is 23.3 Å². The molecule has 0 saturated carbocycles. The lowest BCUT2D eigenvalue weighted by Crippen LogP contribution is -1.77. The Kier molecular flexibility index (Phi) is 6.43. The molecule has 0 aromatic carbocycles. The zero-order valence-corrected chi connectivity index (χ0v) is 8.62. The smallest absolute Gasteiger partial charge is 0.00850 e. The summed E-state index contributed by atoms with van der Waals surface area (Å²) in [4.78, 5) is 0. The van der Waals surface area contributed by atoms with Crippen molar-refractivity contribution in [3.8, 4) is 0 Å². The van der Waals surface area contributed by atoms with Crippen LogP contribution in [0.1, 0.15) is 33.6 Å². The third kappa shape index (κ3) is 7.73. The van der Waals surface area contributed by atoms with Crippen molar-refractivity contribution in [1.29, 1.82) is 0 Å². The van der Waals surface area contributed by atoms with Gasteiger partial charge in [0.2, 0.25) is 0 Å². The normalized spacial score (nSPS) is 11.5. The van der Waals surface area contributed by atoms with Crippen LogP contribution in [-0.2, 0) is 0 Å². The molecule has 0 N–H and O–H groups in total. The van der Waals surface area contributed by atoms with Crippen LogP contribution < -0.4 is 0 Å². The van der Waals surface area contributed by atoms with Gasteiger partial charge in [-0.2, -0.15) is 12.6 Å². The van der Waals surface area contributed by atoms with Gasteiger partial charge in [0.05, 0.1) is 0 Å². The molecule has 64 valence electrons. The van der Waals surface area contributed by atoms with Crippen molar-refractivity contribution in [2.24, 2.45) is 0 Å². The molecule has 1 heteroatoms. The lowest BCUT2D eigenvalue weighted by atomic mass is 10.1. The fraction of sp³-hybridized carbons (Fsp3) is 0.600. The molecule has 0 spiro atoms. The van der Waals surface area contributed by atoms with E-state index in [0.29, 0.717) is 0 Å². The second-order valence-electron chi connectivity index (χ2n) is 3.05. The predicted octanol–water partition coefficient (Wildman–Crippen LogP) is 3.61. The Labute approximate surface area is 75.8 Å². The Bertz CT molecular complexity index is 150. The summed E-state index contributed by atoms with van der Waals surface area (Å²) in [7, 11) is 0. The molecule has 0 saturated heterocycles. The van der Waals surface area contributed by atoms with Crippen LogP contribution in [0.5, 0.6) is 0 Å². The molecule has 0 aliphatic heterocycles. The second-order valence-corrected chi connectivity index (χ2v) is 3.42. The van der Waals surface area contributed by atoms with Crippen molar-refractivity contribution >= 4 is 12.6 Å². The van der Waals surface area contributed by atoms with Crippen molar-refractivity contribution < 1.29 is 0 Å². The molecule has 0 atom stereocenters. The minimum atomic E-state index is 0.862. The highest BCUT2D eigenvalue weighted by molar-refractivity contribution is 7.80. The summed E-state index contributed by atoms with van der Waals surface area (Å²) in [6.07, 6.45) is 6.78. The first-order chi connectivity index (χ1) is 5.16. The first kappa shape index (κ1) is 10.8. The van der Waals surface area contributed by atoms with E-state index in [9.17, 15) is 0 Å².